The van der Waals surface area contributed by atoms with E-state index >= 15 is 0 Å². The number of ether oxygens (including phenoxy) is 1. The number of thiazole rings is 1. The zero-order valence-corrected chi connectivity index (χ0v) is 18.2. The van der Waals surface area contributed by atoms with E-state index in [1.165, 1.54) is 19.2 Å². The van der Waals surface area contributed by atoms with Crippen molar-refractivity contribution in [2.45, 2.75) is 19.7 Å². The molecule has 0 atom stereocenters. The van der Waals surface area contributed by atoms with Crippen LogP contribution in [0.4, 0.5) is 24.2 Å². The van der Waals surface area contributed by atoms with Crippen molar-refractivity contribution >= 4 is 45.8 Å². The fourth-order valence-electron chi connectivity index (χ4n) is 2.84. The van der Waals surface area contributed by atoms with Crippen LogP contribution in [0.5, 0.6) is 5.75 Å². The highest BCUT2D eigenvalue weighted by Gasteiger charge is 2.32. The van der Waals surface area contributed by atoms with Crippen LogP contribution >= 0.6 is 22.9 Å². The second-order valence-corrected chi connectivity index (χ2v) is 7.68. The number of halogens is 4. The van der Waals surface area contributed by atoms with Gasteiger partial charge in [0.25, 0.3) is 5.91 Å². The number of hydrogen-bond acceptors (Lipinski definition) is 7. The number of amides is 2. The number of aryl methyl sites for hydroxylation is 1. The molecule has 0 fully saturated rings. The Labute approximate surface area is 188 Å². The van der Waals surface area contributed by atoms with E-state index in [1.54, 1.807) is 12.3 Å². The van der Waals surface area contributed by atoms with Gasteiger partial charge in [0.05, 0.1) is 17.1 Å². The molecule has 13 heteroatoms. The molecular weight excluding hydrogens is 473 g/mol. The van der Waals surface area contributed by atoms with Crippen LogP contribution in [0.3, 0.4) is 0 Å². The molecule has 0 aliphatic rings. The topological polar surface area (TPSA) is 119 Å². The Kier molecular flexibility index (Phi) is 6.65. The standard InChI is InChI=1S/C19H16ClF3N4O4S/c1-8-10(15(16(24)30-8)17(29)25-2)6-14(28)27-18-26-12(7-32-18)9-3-4-11(20)13(5-9)31-19(21,22)23/h3-5,7H,6,24H2,1-2H3,(H,25,29)(H,26,27,28). The Morgan fingerprint density at radius 2 is 2.06 bits per heavy atom. The van der Waals surface area contributed by atoms with Crippen molar-refractivity contribution in [2.75, 3.05) is 18.1 Å². The van der Waals surface area contributed by atoms with Crippen molar-refractivity contribution in [1.29, 1.82) is 0 Å². The quantitative estimate of drug-likeness (QED) is 0.473. The lowest BCUT2D eigenvalue weighted by molar-refractivity contribution is -0.274. The average molecular weight is 489 g/mol. The van der Waals surface area contributed by atoms with Crippen molar-refractivity contribution < 1.29 is 31.9 Å². The molecular formula is C19H16ClF3N4O4S. The summed E-state index contributed by atoms with van der Waals surface area (Å²) in [7, 11) is 1.42. The van der Waals surface area contributed by atoms with E-state index in [0.717, 1.165) is 17.4 Å². The second kappa shape index (κ2) is 9.09. The van der Waals surface area contributed by atoms with E-state index in [9.17, 15) is 22.8 Å². The molecule has 2 heterocycles. The number of nitrogens with one attached hydrogen (secondary N) is 2. The van der Waals surface area contributed by atoms with Gasteiger partial charge in [-0.2, -0.15) is 0 Å². The minimum Gasteiger partial charge on any atom is -0.445 e. The lowest BCUT2D eigenvalue weighted by Gasteiger charge is -2.11. The Hall–Kier alpha value is -3.25. The SMILES string of the molecule is CNC(=O)c1c(N)oc(C)c1CC(=O)Nc1nc(-c2ccc(Cl)c(OC(F)(F)F)c2)cs1. The van der Waals surface area contributed by atoms with Gasteiger partial charge in [-0.25, -0.2) is 4.98 Å². The Morgan fingerprint density at radius 3 is 2.72 bits per heavy atom. The zero-order valence-electron chi connectivity index (χ0n) is 16.6. The van der Waals surface area contributed by atoms with Crippen LogP contribution in [-0.2, 0) is 11.2 Å². The molecule has 32 heavy (non-hydrogen) atoms. The van der Waals surface area contributed by atoms with E-state index in [-0.39, 0.29) is 28.0 Å². The third kappa shape index (κ3) is 5.32. The summed E-state index contributed by atoms with van der Waals surface area (Å²) in [5, 5.41) is 6.55. The summed E-state index contributed by atoms with van der Waals surface area (Å²) in [5.74, 6) is -1.31. The number of nitrogens with two attached hydrogens (primary N) is 1. The molecule has 170 valence electrons. The second-order valence-electron chi connectivity index (χ2n) is 6.41. The maximum Gasteiger partial charge on any atom is 0.573 e. The number of furan rings is 1. The van der Waals surface area contributed by atoms with Crippen molar-refractivity contribution in [3.8, 4) is 17.0 Å². The third-order valence-electron chi connectivity index (χ3n) is 4.23. The molecule has 0 bridgehead atoms. The largest absolute Gasteiger partial charge is 0.573 e. The fraction of sp³-hybridized carbons (Fsp3) is 0.211. The number of carbonyl (C=O) groups is 2. The van der Waals surface area contributed by atoms with Crippen LogP contribution < -0.4 is 21.1 Å². The van der Waals surface area contributed by atoms with E-state index in [0.29, 0.717) is 22.6 Å². The molecule has 0 saturated carbocycles. The maximum absolute atomic E-state index is 12.5. The van der Waals surface area contributed by atoms with Gasteiger partial charge in [0.2, 0.25) is 11.8 Å². The molecule has 0 aliphatic carbocycles. The summed E-state index contributed by atoms with van der Waals surface area (Å²) in [6, 6.07) is 3.82. The van der Waals surface area contributed by atoms with E-state index < -0.39 is 23.9 Å². The molecule has 1 aromatic carbocycles. The molecule has 0 spiro atoms. The summed E-state index contributed by atoms with van der Waals surface area (Å²) in [6.07, 6.45) is -5.10. The molecule has 0 unspecified atom stereocenters. The number of carbonyl (C=O) groups excluding carboxylic acids is 2. The first-order valence-electron chi connectivity index (χ1n) is 8.89. The molecule has 3 aromatic rings. The van der Waals surface area contributed by atoms with Gasteiger partial charge < -0.3 is 25.5 Å². The molecule has 3 rings (SSSR count). The molecule has 8 nitrogen and oxygen atoms in total. The average Bonchev–Trinajstić information content (AvgIpc) is 3.26. The Balaban J connectivity index is 1.76. The Morgan fingerprint density at radius 1 is 1.34 bits per heavy atom. The lowest BCUT2D eigenvalue weighted by atomic mass is 10.1. The van der Waals surface area contributed by atoms with Crippen LogP contribution in [0.25, 0.3) is 11.3 Å². The number of hydrogen-bond donors (Lipinski definition) is 3. The normalized spacial score (nSPS) is 11.3. The van der Waals surface area contributed by atoms with Crippen LogP contribution in [0.2, 0.25) is 5.02 Å². The summed E-state index contributed by atoms with van der Waals surface area (Å²) < 4.78 is 46.8. The highest BCUT2D eigenvalue weighted by Crippen LogP contribution is 2.35. The summed E-state index contributed by atoms with van der Waals surface area (Å²) in [4.78, 5) is 28.7. The van der Waals surface area contributed by atoms with Crippen molar-refractivity contribution in [3.63, 3.8) is 0 Å². The fourth-order valence-corrected chi connectivity index (χ4v) is 3.73. The van der Waals surface area contributed by atoms with Gasteiger partial charge in [0.15, 0.2) is 5.13 Å². The lowest BCUT2D eigenvalue weighted by Crippen LogP contribution is -2.22. The van der Waals surface area contributed by atoms with Crippen LogP contribution in [0.1, 0.15) is 21.7 Å². The smallest absolute Gasteiger partial charge is 0.445 e. The number of anilines is 2. The Bertz CT molecular complexity index is 1180. The number of benzene rings is 1. The minimum atomic E-state index is -4.90. The zero-order chi connectivity index (χ0) is 23.6. The molecule has 2 amide bonds. The summed E-state index contributed by atoms with van der Waals surface area (Å²) in [6.45, 7) is 1.58. The molecule has 0 radical (unpaired) electrons. The highest BCUT2D eigenvalue weighted by atomic mass is 35.5. The number of alkyl halides is 3. The van der Waals surface area contributed by atoms with Gasteiger partial charge in [-0.05, 0) is 19.1 Å². The van der Waals surface area contributed by atoms with E-state index in [2.05, 4.69) is 20.4 Å². The number of nitrogens with zero attached hydrogens (tertiary/aromatic N) is 1. The van der Waals surface area contributed by atoms with Crippen LogP contribution in [-0.4, -0.2) is 30.2 Å². The van der Waals surface area contributed by atoms with Crippen molar-refractivity contribution in [2.24, 2.45) is 0 Å². The maximum atomic E-state index is 12.5. The molecule has 0 aliphatic heterocycles. The number of rotatable bonds is 6. The summed E-state index contributed by atoms with van der Waals surface area (Å²) >= 11 is 6.82. The number of aromatic nitrogens is 1. The predicted molar refractivity (Wildman–Crippen MR) is 113 cm³/mol. The molecule has 2 aromatic heterocycles. The first-order chi connectivity index (χ1) is 15.0. The third-order valence-corrected chi connectivity index (χ3v) is 5.30. The minimum absolute atomic E-state index is 0.0818. The van der Waals surface area contributed by atoms with Crippen molar-refractivity contribution in [1.82, 2.24) is 10.3 Å². The van der Waals surface area contributed by atoms with Gasteiger partial charge in [0, 0.05) is 23.6 Å². The van der Waals surface area contributed by atoms with E-state index in [4.69, 9.17) is 21.8 Å². The van der Waals surface area contributed by atoms with Gasteiger partial charge in [-0.1, -0.05) is 17.7 Å². The summed E-state index contributed by atoms with van der Waals surface area (Å²) in [5.41, 5.74) is 6.75. The number of nitrogen functional groups attached to an aromatic ring is 1. The first-order valence-corrected chi connectivity index (χ1v) is 10.1. The van der Waals surface area contributed by atoms with Gasteiger partial charge in [-0.3, -0.25) is 9.59 Å². The predicted octanol–water partition coefficient (Wildman–Crippen LogP) is 4.39. The van der Waals surface area contributed by atoms with Gasteiger partial charge >= 0.3 is 6.36 Å². The molecule has 4 N–H and O–H groups in total. The van der Waals surface area contributed by atoms with Crippen molar-refractivity contribution in [3.05, 3.63) is 45.5 Å². The first kappa shape index (κ1) is 23.4. The van der Waals surface area contributed by atoms with Crippen LogP contribution in [0.15, 0.2) is 28.0 Å². The van der Waals surface area contributed by atoms with Gasteiger partial charge in [0.1, 0.15) is 17.1 Å². The monoisotopic (exact) mass is 488 g/mol. The van der Waals surface area contributed by atoms with Gasteiger partial charge in [-0.15, -0.1) is 24.5 Å². The highest BCUT2D eigenvalue weighted by molar-refractivity contribution is 7.14. The van der Waals surface area contributed by atoms with Crippen LogP contribution in [0, 0.1) is 6.92 Å². The molecule has 0 saturated heterocycles. The van der Waals surface area contributed by atoms with E-state index in [1.807, 2.05) is 0 Å².